The number of carbonyl (C=O) groups excluding carboxylic acids is 2. The van der Waals surface area contributed by atoms with Gasteiger partial charge in [0, 0.05) is 4.88 Å². The summed E-state index contributed by atoms with van der Waals surface area (Å²) in [5.74, 6) is -1.61. The smallest absolute Gasteiger partial charge is 0.341 e. The number of aryl methyl sites for hydroxylation is 1. The van der Waals surface area contributed by atoms with Gasteiger partial charge in [0.15, 0.2) is 0 Å². The van der Waals surface area contributed by atoms with Gasteiger partial charge >= 0.3 is 5.97 Å². The van der Waals surface area contributed by atoms with Crippen molar-refractivity contribution in [2.75, 3.05) is 29.0 Å². The summed E-state index contributed by atoms with van der Waals surface area (Å²) in [5, 5.41) is 3.06. The number of halogens is 1. The molecule has 0 atom stereocenters. The lowest BCUT2D eigenvalue weighted by Gasteiger charge is -2.21. The number of carbonyl (C=O) groups is 2. The van der Waals surface area contributed by atoms with Crippen LogP contribution in [-0.4, -0.2) is 39.7 Å². The normalized spacial score (nSPS) is 13.4. The van der Waals surface area contributed by atoms with Gasteiger partial charge in [-0.3, -0.25) is 9.10 Å². The number of nitrogens with one attached hydrogen (secondary N) is 1. The Kier molecular flexibility index (Phi) is 6.77. The molecule has 0 radical (unpaired) electrons. The molecule has 30 heavy (non-hydrogen) atoms. The first-order valence-corrected chi connectivity index (χ1v) is 12.2. The molecule has 1 aromatic carbocycles. The third-order valence-corrected chi connectivity index (χ3v) is 7.05. The Labute approximate surface area is 178 Å². The van der Waals surface area contributed by atoms with Crippen molar-refractivity contribution in [2.24, 2.45) is 0 Å². The van der Waals surface area contributed by atoms with Crippen LogP contribution in [0.3, 0.4) is 0 Å². The van der Waals surface area contributed by atoms with Gasteiger partial charge in [-0.05, 0) is 62.4 Å². The Morgan fingerprint density at radius 2 is 1.87 bits per heavy atom. The number of sulfonamides is 1. The summed E-state index contributed by atoms with van der Waals surface area (Å²) in [5.41, 5.74) is 1.43. The Hall–Kier alpha value is -2.46. The number of thiophene rings is 1. The zero-order valence-electron chi connectivity index (χ0n) is 16.7. The predicted molar refractivity (Wildman–Crippen MR) is 114 cm³/mol. The molecule has 0 aliphatic heterocycles. The molecule has 1 aliphatic carbocycles. The van der Waals surface area contributed by atoms with E-state index in [1.165, 1.54) is 23.5 Å². The quantitative estimate of drug-likeness (QED) is 0.648. The summed E-state index contributed by atoms with van der Waals surface area (Å²) in [6.45, 7) is 1.42. The monoisotopic (exact) mass is 454 g/mol. The van der Waals surface area contributed by atoms with Gasteiger partial charge in [0.1, 0.15) is 17.4 Å². The lowest BCUT2D eigenvalue weighted by molar-refractivity contribution is -0.114. The van der Waals surface area contributed by atoms with Gasteiger partial charge in [-0.2, -0.15) is 0 Å². The minimum absolute atomic E-state index is 0.171. The van der Waals surface area contributed by atoms with E-state index in [2.05, 4.69) is 5.32 Å². The van der Waals surface area contributed by atoms with Crippen LogP contribution in [0.5, 0.6) is 0 Å². The van der Waals surface area contributed by atoms with E-state index < -0.39 is 34.3 Å². The van der Waals surface area contributed by atoms with Crippen LogP contribution in [0.4, 0.5) is 15.1 Å². The number of benzene rings is 1. The number of rotatable bonds is 7. The Balaban J connectivity index is 1.86. The maximum Gasteiger partial charge on any atom is 0.341 e. The van der Waals surface area contributed by atoms with Crippen molar-refractivity contribution in [3.63, 3.8) is 0 Å². The fraction of sp³-hybridized carbons (Fsp3) is 0.400. The SMILES string of the molecule is CCOC(=O)c1c(NC(=O)CN(c2ccc(F)cc2)S(C)(=O)=O)sc2c1CCCC2. The average Bonchev–Trinajstić information content (AvgIpc) is 3.04. The maximum atomic E-state index is 13.2. The number of ether oxygens (including phenoxy) is 1. The second kappa shape index (κ2) is 9.13. The van der Waals surface area contributed by atoms with Crippen molar-refractivity contribution in [1.29, 1.82) is 0 Å². The minimum atomic E-state index is -3.79. The second-order valence-corrected chi connectivity index (χ2v) is 9.94. The average molecular weight is 455 g/mol. The van der Waals surface area contributed by atoms with Gasteiger partial charge in [0.25, 0.3) is 0 Å². The first-order chi connectivity index (χ1) is 14.2. The van der Waals surface area contributed by atoms with Crippen LogP contribution in [0, 0.1) is 5.82 Å². The molecule has 162 valence electrons. The summed E-state index contributed by atoms with van der Waals surface area (Å²) in [7, 11) is -3.79. The van der Waals surface area contributed by atoms with E-state index >= 15 is 0 Å². The topological polar surface area (TPSA) is 92.8 Å². The molecule has 0 fully saturated rings. The lowest BCUT2D eigenvalue weighted by Crippen LogP contribution is -2.37. The second-order valence-electron chi connectivity index (χ2n) is 6.93. The van der Waals surface area contributed by atoms with Crippen LogP contribution in [0.2, 0.25) is 0 Å². The highest BCUT2D eigenvalue weighted by atomic mass is 32.2. The molecule has 0 saturated carbocycles. The van der Waals surface area contributed by atoms with E-state index in [0.717, 1.165) is 58.8 Å². The van der Waals surface area contributed by atoms with Crippen LogP contribution < -0.4 is 9.62 Å². The molecule has 1 N–H and O–H groups in total. The molecule has 0 unspecified atom stereocenters. The summed E-state index contributed by atoms with van der Waals surface area (Å²) < 4.78 is 43.7. The first kappa shape index (κ1) is 22.2. The summed E-state index contributed by atoms with van der Waals surface area (Å²) in [6.07, 6.45) is 4.50. The van der Waals surface area contributed by atoms with E-state index in [4.69, 9.17) is 4.74 Å². The highest BCUT2D eigenvalue weighted by molar-refractivity contribution is 7.92. The molecule has 0 bridgehead atoms. The number of fused-ring (bicyclic) bond motifs is 1. The standard InChI is InChI=1S/C20H23FN2O5S2/c1-3-28-20(25)18-15-6-4-5-7-16(15)29-19(18)22-17(24)12-23(30(2,26)27)14-10-8-13(21)9-11-14/h8-11H,3-7,12H2,1-2H3,(H,22,24). The molecular weight excluding hydrogens is 431 g/mol. The molecular formula is C20H23FN2O5S2. The van der Waals surface area contributed by atoms with Crippen molar-refractivity contribution in [3.05, 3.63) is 46.1 Å². The van der Waals surface area contributed by atoms with Gasteiger partial charge in [0.05, 0.1) is 24.1 Å². The van der Waals surface area contributed by atoms with E-state index in [0.29, 0.717) is 10.6 Å². The van der Waals surface area contributed by atoms with Gasteiger partial charge in [-0.15, -0.1) is 11.3 Å². The highest BCUT2D eigenvalue weighted by Gasteiger charge is 2.28. The van der Waals surface area contributed by atoms with E-state index in [-0.39, 0.29) is 12.3 Å². The van der Waals surface area contributed by atoms with E-state index in [1.807, 2.05) is 0 Å². The van der Waals surface area contributed by atoms with Gasteiger partial charge in [-0.1, -0.05) is 0 Å². The van der Waals surface area contributed by atoms with Crippen LogP contribution in [0.25, 0.3) is 0 Å². The van der Waals surface area contributed by atoms with Crippen LogP contribution in [0.15, 0.2) is 24.3 Å². The van der Waals surface area contributed by atoms with Crippen molar-refractivity contribution in [2.45, 2.75) is 32.6 Å². The molecule has 0 spiro atoms. The fourth-order valence-corrected chi connectivity index (χ4v) is 5.53. The van der Waals surface area contributed by atoms with Crippen molar-refractivity contribution in [3.8, 4) is 0 Å². The molecule has 1 aliphatic rings. The van der Waals surface area contributed by atoms with Crippen molar-refractivity contribution >= 4 is 43.9 Å². The van der Waals surface area contributed by atoms with Crippen LogP contribution >= 0.6 is 11.3 Å². The summed E-state index contributed by atoms with van der Waals surface area (Å²) in [4.78, 5) is 26.3. The Morgan fingerprint density at radius 1 is 1.20 bits per heavy atom. The lowest BCUT2D eigenvalue weighted by atomic mass is 9.95. The molecule has 10 heteroatoms. The van der Waals surface area contributed by atoms with Gasteiger partial charge in [-0.25, -0.2) is 17.6 Å². The Morgan fingerprint density at radius 3 is 2.50 bits per heavy atom. The number of esters is 1. The van der Waals surface area contributed by atoms with Crippen molar-refractivity contribution < 1.29 is 27.1 Å². The van der Waals surface area contributed by atoms with E-state index in [9.17, 15) is 22.4 Å². The zero-order valence-corrected chi connectivity index (χ0v) is 18.4. The van der Waals surface area contributed by atoms with Crippen LogP contribution in [-0.2, 0) is 32.4 Å². The summed E-state index contributed by atoms with van der Waals surface area (Å²) >= 11 is 1.33. The summed E-state index contributed by atoms with van der Waals surface area (Å²) in [6, 6.07) is 4.82. The highest BCUT2D eigenvalue weighted by Crippen LogP contribution is 2.38. The number of amides is 1. The Bertz CT molecular complexity index is 1050. The van der Waals surface area contributed by atoms with Crippen molar-refractivity contribution in [1.82, 2.24) is 0 Å². The number of anilines is 2. The first-order valence-electron chi connectivity index (χ1n) is 9.55. The molecule has 1 aromatic heterocycles. The molecule has 2 aromatic rings. The minimum Gasteiger partial charge on any atom is -0.462 e. The number of hydrogen-bond donors (Lipinski definition) is 1. The fourth-order valence-electron chi connectivity index (χ4n) is 3.38. The largest absolute Gasteiger partial charge is 0.462 e. The van der Waals surface area contributed by atoms with Gasteiger partial charge < -0.3 is 10.1 Å². The number of nitrogens with zero attached hydrogens (tertiary/aromatic N) is 1. The molecule has 1 amide bonds. The molecule has 1 heterocycles. The molecule has 3 rings (SSSR count). The molecule has 0 saturated heterocycles. The third-order valence-electron chi connectivity index (χ3n) is 4.71. The van der Waals surface area contributed by atoms with E-state index in [1.54, 1.807) is 6.92 Å². The predicted octanol–water partition coefficient (Wildman–Crippen LogP) is 3.35. The number of hydrogen-bond acceptors (Lipinski definition) is 6. The third kappa shape index (κ3) is 4.99. The maximum absolute atomic E-state index is 13.2. The van der Waals surface area contributed by atoms with Crippen LogP contribution in [0.1, 0.15) is 40.6 Å². The van der Waals surface area contributed by atoms with Gasteiger partial charge in [0.2, 0.25) is 15.9 Å². The zero-order chi connectivity index (χ0) is 21.9. The molecule has 7 nitrogen and oxygen atoms in total.